The van der Waals surface area contributed by atoms with Gasteiger partial charge in [-0.1, -0.05) is 13.0 Å². The lowest BCUT2D eigenvalue weighted by Gasteiger charge is -2.24. The predicted molar refractivity (Wildman–Crippen MR) is 67.7 cm³/mol. The number of ketones is 1. The Kier molecular flexibility index (Phi) is 5.41. The molecular formula is C14H19F2NO. The number of carbonyl (C=O) groups is 1. The normalized spacial score (nSPS) is 11.3. The number of Topliss-reactive ketones (excluding diaryl/α,β-unsaturated/α-hetero) is 1. The Labute approximate surface area is 107 Å². The van der Waals surface area contributed by atoms with Gasteiger partial charge in [-0.25, -0.2) is 8.78 Å². The molecule has 0 N–H and O–H groups in total. The maximum absolute atomic E-state index is 13.4. The van der Waals surface area contributed by atoms with Gasteiger partial charge < -0.3 is 4.90 Å². The van der Waals surface area contributed by atoms with E-state index in [9.17, 15) is 13.6 Å². The molecular weight excluding hydrogens is 236 g/mol. The van der Waals surface area contributed by atoms with Crippen LogP contribution in [0.3, 0.4) is 0 Å². The smallest absolute Gasteiger partial charge is 0.169 e. The number of hydrogen-bond acceptors (Lipinski definition) is 2. The first kappa shape index (κ1) is 14.8. The third-order valence-corrected chi connectivity index (χ3v) is 3.01. The second kappa shape index (κ2) is 6.59. The van der Waals surface area contributed by atoms with Crippen molar-refractivity contribution in [2.75, 3.05) is 13.1 Å². The van der Waals surface area contributed by atoms with Crippen LogP contribution in [0.4, 0.5) is 8.78 Å². The van der Waals surface area contributed by atoms with Gasteiger partial charge in [0.25, 0.3) is 0 Å². The molecule has 0 heterocycles. The van der Waals surface area contributed by atoms with Gasteiger partial charge in [-0.2, -0.15) is 0 Å². The number of nitrogens with zero attached hydrogens (tertiary/aromatic N) is 1. The largest absolute Gasteiger partial charge is 0.301 e. The topological polar surface area (TPSA) is 20.3 Å². The van der Waals surface area contributed by atoms with Crippen LogP contribution in [0.25, 0.3) is 0 Å². The Bertz CT molecular complexity index is 418. The Morgan fingerprint density at radius 1 is 1.33 bits per heavy atom. The average Bonchev–Trinajstić information content (AvgIpc) is 2.32. The fourth-order valence-electron chi connectivity index (χ4n) is 1.88. The Morgan fingerprint density at radius 3 is 2.56 bits per heavy atom. The zero-order valence-corrected chi connectivity index (χ0v) is 11.0. The van der Waals surface area contributed by atoms with Crippen molar-refractivity contribution >= 4 is 5.78 Å². The van der Waals surface area contributed by atoms with Gasteiger partial charge >= 0.3 is 0 Å². The molecule has 100 valence electrons. The van der Waals surface area contributed by atoms with E-state index in [1.165, 1.54) is 12.1 Å². The van der Waals surface area contributed by atoms with Crippen molar-refractivity contribution in [1.29, 1.82) is 0 Å². The first-order valence-electron chi connectivity index (χ1n) is 6.18. The fraction of sp³-hybridized carbons (Fsp3) is 0.500. The highest BCUT2D eigenvalue weighted by molar-refractivity contribution is 5.96. The van der Waals surface area contributed by atoms with Gasteiger partial charge in [0, 0.05) is 19.0 Å². The molecule has 1 rings (SSSR count). The van der Waals surface area contributed by atoms with E-state index in [1.807, 2.05) is 20.8 Å². The number of halogens is 2. The maximum Gasteiger partial charge on any atom is 0.169 e. The minimum Gasteiger partial charge on any atom is -0.301 e. The van der Waals surface area contributed by atoms with E-state index in [0.29, 0.717) is 12.6 Å². The molecule has 0 aliphatic heterocycles. The number of hydrogen-bond donors (Lipinski definition) is 0. The van der Waals surface area contributed by atoms with Crippen molar-refractivity contribution in [2.24, 2.45) is 0 Å². The summed E-state index contributed by atoms with van der Waals surface area (Å²) in [7, 11) is 0. The summed E-state index contributed by atoms with van der Waals surface area (Å²) in [5.74, 6) is -2.38. The van der Waals surface area contributed by atoms with E-state index in [0.717, 1.165) is 12.6 Å². The van der Waals surface area contributed by atoms with E-state index in [1.54, 1.807) is 0 Å². The first-order chi connectivity index (χ1) is 8.47. The van der Waals surface area contributed by atoms with E-state index < -0.39 is 11.6 Å². The van der Waals surface area contributed by atoms with E-state index in [2.05, 4.69) is 4.90 Å². The molecule has 18 heavy (non-hydrogen) atoms. The van der Waals surface area contributed by atoms with Crippen LogP contribution < -0.4 is 0 Å². The van der Waals surface area contributed by atoms with Crippen LogP contribution in [0.5, 0.6) is 0 Å². The van der Waals surface area contributed by atoms with Crippen LogP contribution in [-0.4, -0.2) is 29.8 Å². The third-order valence-electron chi connectivity index (χ3n) is 3.01. The number of rotatable bonds is 6. The molecule has 0 aliphatic rings. The van der Waals surface area contributed by atoms with Gasteiger partial charge in [-0.15, -0.1) is 0 Å². The van der Waals surface area contributed by atoms with Crippen molar-refractivity contribution in [2.45, 2.75) is 33.2 Å². The van der Waals surface area contributed by atoms with Gasteiger partial charge in [-0.3, -0.25) is 4.79 Å². The summed E-state index contributed by atoms with van der Waals surface area (Å²) in [5, 5.41) is 0. The molecule has 0 saturated carbocycles. The summed E-state index contributed by atoms with van der Waals surface area (Å²) >= 11 is 0. The summed E-state index contributed by atoms with van der Waals surface area (Å²) in [4.78, 5) is 13.9. The van der Waals surface area contributed by atoms with Crippen LogP contribution in [-0.2, 0) is 0 Å². The van der Waals surface area contributed by atoms with Crippen LogP contribution >= 0.6 is 0 Å². The van der Waals surface area contributed by atoms with Gasteiger partial charge in [0.2, 0.25) is 0 Å². The average molecular weight is 255 g/mol. The van der Waals surface area contributed by atoms with Gasteiger partial charge in [0.05, 0.1) is 5.56 Å². The summed E-state index contributed by atoms with van der Waals surface area (Å²) in [6, 6.07) is 4.02. The molecule has 0 fully saturated rings. The Hall–Kier alpha value is -1.29. The zero-order chi connectivity index (χ0) is 13.7. The molecule has 4 heteroatoms. The highest BCUT2D eigenvalue weighted by Gasteiger charge is 2.16. The molecule has 2 nitrogen and oxygen atoms in total. The molecule has 0 unspecified atom stereocenters. The standard InChI is InChI=1S/C14H19F2NO/c1-4-17(10(2)3)9-8-13(18)11-6-5-7-12(15)14(11)16/h5-7,10H,4,8-9H2,1-3H3. The van der Waals surface area contributed by atoms with Crippen LogP contribution in [0, 0.1) is 11.6 Å². The monoisotopic (exact) mass is 255 g/mol. The van der Waals surface area contributed by atoms with E-state index >= 15 is 0 Å². The Balaban J connectivity index is 2.69. The molecule has 1 aromatic carbocycles. The highest BCUT2D eigenvalue weighted by atomic mass is 19.2. The summed E-state index contributed by atoms with van der Waals surface area (Å²) in [6.45, 7) is 7.47. The third kappa shape index (κ3) is 3.60. The number of carbonyl (C=O) groups excluding carboxylic acids is 1. The summed E-state index contributed by atoms with van der Waals surface area (Å²) in [5.41, 5.74) is -0.158. The first-order valence-corrected chi connectivity index (χ1v) is 6.18. The minimum atomic E-state index is -1.05. The molecule has 0 spiro atoms. The van der Waals surface area contributed by atoms with Crippen LogP contribution in [0.1, 0.15) is 37.6 Å². The van der Waals surface area contributed by atoms with E-state index in [-0.39, 0.29) is 17.8 Å². The highest BCUT2D eigenvalue weighted by Crippen LogP contribution is 2.14. The summed E-state index contributed by atoms with van der Waals surface area (Å²) in [6.07, 6.45) is 0.201. The molecule has 0 saturated heterocycles. The SMILES string of the molecule is CCN(CCC(=O)c1cccc(F)c1F)C(C)C. The molecule has 0 aliphatic carbocycles. The lowest BCUT2D eigenvalue weighted by atomic mass is 10.1. The van der Waals surface area contributed by atoms with Crippen molar-refractivity contribution in [3.8, 4) is 0 Å². The molecule has 1 aromatic rings. The van der Waals surface area contributed by atoms with Crippen molar-refractivity contribution in [3.63, 3.8) is 0 Å². The second-order valence-corrected chi connectivity index (χ2v) is 4.50. The molecule has 0 atom stereocenters. The lowest BCUT2D eigenvalue weighted by Crippen LogP contribution is -2.32. The van der Waals surface area contributed by atoms with Gasteiger partial charge in [-0.05, 0) is 32.5 Å². The van der Waals surface area contributed by atoms with Crippen molar-refractivity contribution in [1.82, 2.24) is 4.90 Å². The zero-order valence-electron chi connectivity index (χ0n) is 11.0. The van der Waals surface area contributed by atoms with Gasteiger partial charge in [0.1, 0.15) is 0 Å². The molecule has 0 aromatic heterocycles. The molecule has 0 amide bonds. The quantitative estimate of drug-likeness (QED) is 0.727. The molecule has 0 bridgehead atoms. The fourth-order valence-corrected chi connectivity index (χ4v) is 1.88. The predicted octanol–water partition coefficient (Wildman–Crippen LogP) is 3.27. The number of benzene rings is 1. The lowest BCUT2D eigenvalue weighted by molar-refractivity contribution is 0.0953. The minimum absolute atomic E-state index is 0.158. The second-order valence-electron chi connectivity index (χ2n) is 4.50. The van der Waals surface area contributed by atoms with Crippen molar-refractivity contribution < 1.29 is 13.6 Å². The maximum atomic E-state index is 13.4. The van der Waals surface area contributed by atoms with Crippen LogP contribution in [0.15, 0.2) is 18.2 Å². The van der Waals surface area contributed by atoms with E-state index in [4.69, 9.17) is 0 Å². The van der Waals surface area contributed by atoms with Crippen LogP contribution in [0.2, 0.25) is 0 Å². The van der Waals surface area contributed by atoms with Gasteiger partial charge in [0.15, 0.2) is 17.4 Å². The van der Waals surface area contributed by atoms with Crippen molar-refractivity contribution in [3.05, 3.63) is 35.4 Å². The summed E-state index contributed by atoms with van der Waals surface area (Å²) < 4.78 is 26.4. The Morgan fingerprint density at radius 2 is 2.00 bits per heavy atom. The molecule has 0 radical (unpaired) electrons.